The summed E-state index contributed by atoms with van der Waals surface area (Å²) in [5.74, 6) is 1.05. The van der Waals surface area contributed by atoms with Crippen molar-refractivity contribution in [2.75, 3.05) is 13.2 Å². The number of unbranched alkanes of at least 4 members (excludes halogenated alkanes) is 6. The molecule has 120 valence electrons. The van der Waals surface area contributed by atoms with Crippen LogP contribution in [0.2, 0.25) is 0 Å². The molecule has 0 saturated carbocycles. The summed E-state index contributed by atoms with van der Waals surface area (Å²) in [5, 5.41) is 3.38. The first-order valence-electron chi connectivity index (χ1n) is 8.71. The van der Waals surface area contributed by atoms with Crippen molar-refractivity contribution in [1.82, 2.24) is 5.32 Å². The van der Waals surface area contributed by atoms with Crippen molar-refractivity contribution in [2.45, 2.75) is 72.3 Å². The van der Waals surface area contributed by atoms with Crippen molar-refractivity contribution in [1.29, 1.82) is 0 Å². The lowest BCUT2D eigenvalue weighted by Crippen LogP contribution is -2.13. The van der Waals surface area contributed by atoms with Gasteiger partial charge in [-0.3, -0.25) is 0 Å². The molecule has 0 amide bonds. The largest absolute Gasteiger partial charge is 0.493 e. The van der Waals surface area contributed by atoms with Crippen LogP contribution in [0.1, 0.15) is 69.9 Å². The Kier molecular flexibility index (Phi) is 9.98. The Balaban J connectivity index is 2.24. The summed E-state index contributed by atoms with van der Waals surface area (Å²) in [6.45, 7) is 9.26. The van der Waals surface area contributed by atoms with Crippen LogP contribution in [0.3, 0.4) is 0 Å². The van der Waals surface area contributed by atoms with Crippen molar-refractivity contribution in [2.24, 2.45) is 0 Å². The smallest absolute Gasteiger partial charge is 0.123 e. The molecule has 0 unspecified atom stereocenters. The zero-order valence-electron chi connectivity index (χ0n) is 14.2. The monoisotopic (exact) mass is 291 g/mol. The minimum atomic E-state index is 0.843. The van der Waals surface area contributed by atoms with Gasteiger partial charge in [0, 0.05) is 12.1 Å². The van der Waals surface area contributed by atoms with E-state index in [2.05, 4.69) is 44.3 Å². The Hall–Kier alpha value is -1.02. The number of rotatable bonds is 12. The quantitative estimate of drug-likeness (QED) is 0.532. The molecule has 0 spiro atoms. The molecule has 21 heavy (non-hydrogen) atoms. The van der Waals surface area contributed by atoms with Gasteiger partial charge in [0.2, 0.25) is 0 Å². The van der Waals surface area contributed by atoms with Gasteiger partial charge in [0.15, 0.2) is 0 Å². The second-order valence-corrected chi connectivity index (χ2v) is 5.86. The predicted octanol–water partition coefficient (Wildman–Crippen LogP) is 5.23. The Labute approximate surface area is 131 Å². The molecule has 0 aromatic heterocycles. The summed E-state index contributed by atoms with van der Waals surface area (Å²) in [6.07, 6.45) is 9.28. The number of aryl methyl sites for hydroxylation is 1. The molecule has 0 aliphatic rings. The van der Waals surface area contributed by atoms with Crippen LogP contribution >= 0.6 is 0 Å². The van der Waals surface area contributed by atoms with Crippen molar-refractivity contribution in [3.05, 3.63) is 29.3 Å². The Morgan fingerprint density at radius 1 is 0.952 bits per heavy atom. The Morgan fingerprint density at radius 3 is 2.38 bits per heavy atom. The summed E-state index contributed by atoms with van der Waals surface area (Å²) >= 11 is 0. The van der Waals surface area contributed by atoms with E-state index < -0.39 is 0 Å². The molecule has 0 aliphatic carbocycles. The van der Waals surface area contributed by atoms with E-state index in [1.165, 1.54) is 56.1 Å². The first-order chi connectivity index (χ1) is 10.3. The zero-order chi connectivity index (χ0) is 15.3. The van der Waals surface area contributed by atoms with Crippen LogP contribution in [0.5, 0.6) is 5.75 Å². The minimum absolute atomic E-state index is 0.843. The van der Waals surface area contributed by atoms with Gasteiger partial charge >= 0.3 is 0 Å². The second kappa shape index (κ2) is 11.6. The molecule has 1 rings (SSSR count). The van der Waals surface area contributed by atoms with Crippen LogP contribution in [0, 0.1) is 6.92 Å². The van der Waals surface area contributed by atoms with E-state index >= 15 is 0 Å². The van der Waals surface area contributed by atoms with Gasteiger partial charge in [-0.15, -0.1) is 0 Å². The lowest BCUT2D eigenvalue weighted by atomic mass is 10.1. The highest BCUT2D eigenvalue weighted by molar-refractivity contribution is 5.36. The zero-order valence-corrected chi connectivity index (χ0v) is 14.2. The third-order valence-electron chi connectivity index (χ3n) is 3.79. The fourth-order valence-corrected chi connectivity index (χ4v) is 2.49. The first-order valence-corrected chi connectivity index (χ1v) is 8.71. The second-order valence-electron chi connectivity index (χ2n) is 5.86. The molecule has 1 aromatic carbocycles. The highest BCUT2D eigenvalue weighted by Gasteiger charge is 2.03. The summed E-state index contributed by atoms with van der Waals surface area (Å²) in [4.78, 5) is 0. The molecule has 2 nitrogen and oxygen atoms in total. The Morgan fingerprint density at radius 2 is 1.67 bits per heavy atom. The summed E-state index contributed by atoms with van der Waals surface area (Å²) in [5.41, 5.74) is 2.57. The van der Waals surface area contributed by atoms with Crippen molar-refractivity contribution >= 4 is 0 Å². The van der Waals surface area contributed by atoms with E-state index in [0.717, 1.165) is 25.4 Å². The first kappa shape index (κ1) is 18.0. The maximum Gasteiger partial charge on any atom is 0.123 e. The number of nitrogens with one attached hydrogen (secondary N) is 1. The average Bonchev–Trinajstić information content (AvgIpc) is 2.49. The molecule has 1 aromatic rings. The van der Waals surface area contributed by atoms with Gasteiger partial charge in [-0.1, -0.05) is 70.1 Å². The summed E-state index contributed by atoms with van der Waals surface area (Å²) in [7, 11) is 0. The van der Waals surface area contributed by atoms with Crippen LogP contribution in [0.4, 0.5) is 0 Å². The fraction of sp³-hybridized carbons (Fsp3) is 0.684. The van der Waals surface area contributed by atoms with Crippen molar-refractivity contribution < 1.29 is 4.74 Å². The lowest BCUT2D eigenvalue weighted by Gasteiger charge is -2.12. The van der Waals surface area contributed by atoms with Crippen LogP contribution < -0.4 is 10.1 Å². The fourth-order valence-electron chi connectivity index (χ4n) is 2.49. The van der Waals surface area contributed by atoms with Crippen LogP contribution in [-0.2, 0) is 6.54 Å². The van der Waals surface area contributed by atoms with Crippen molar-refractivity contribution in [3.63, 3.8) is 0 Å². The number of hydrogen-bond donors (Lipinski definition) is 1. The maximum absolute atomic E-state index is 5.98. The van der Waals surface area contributed by atoms with Gasteiger partial charge in [-0.2, -0.15) is 0 Å². The van der Waals surface area contributed by atoms with Gasteiger partial charge in [-0.25, -0.2) is 0 Å². The summed E-state index contributed by atoms with van der Waals surface area (Å²) in [6, 6.07) is 6.47. The lowest BCUT2D eigenvalue weighted by molar-refractivity contribution is 0.300. The van der Waals surface area contributed by atoms with Gasteiger partial charge in [0.25, 0.3) is 0 Å². The maximum atomic E-state index is 5.98. The van der Waals surface area contributed by atoms with Gasteiger partial charge in [0.1, 0.15) is 5.75 Å². The molecule has 1 N–H and O–H groups in total. The molecular weight excluding hydrogens is 258 g/mol. The minimum Gasteiger partial charge on any atom is -0.493 e. The molecule has 0 heterocycles. The topological polar surface area (TPSA) is 21.3 Å². The average molecular weight is 291 g/mol. The number of ether oxygens (including phenoxy) is 1. The van der Waals surface area contributed by atoms with Crippen LogP contribution in [-0.4, -0.2) is 13.2 Å². The van der Waals surface area contributed by atoms with E-state index in [4.69, 9.17) is 4.74 Å². The summed E-state index contributed by atoms with van der Waals surface area (Å²) < 4.78 is 5.98. The molecule has 0 bridgehead atoms. The van der Waals surface area contributed by atoms with E-state index in [1.54, 1.807) is 0 Å². The normalized spacial score (nSPS) is 10.8. The molecule has 0 fully saturated rings. The molecule has 2 heteroatoms. The molecular formula is C19H33NO. The van der Waals surface area contributed by atoms with E-state index in [9.17, 15) is 0 Å². The highest BCUT2D eigenvalue weighted by Crippen LogP contribution is 2.20. The van der Waals surface area contributed by atoms with Gasteiger partial charge in [0.05, 0.1) is 6.61 Å². The van der Waals surface area contributed by atoms with E-state index in [-0.39, 0.29) is 0 Å². The number of benzene rings is 1. The standard InChI is InChI=1S/C19H33NO/c1-4-6-7-8-9-10-11-14-21-19-13-12-17(3)15-18(19)16-20-5-2/h12-13,15,20H,4-11,14,16H2,1-3H3. The molecule has 0 atom stereocenters. The predicted molar refractivity (Wildman–Crippen MR) is 92.0 cm³/mol. The van der Waals surface area contributed by atoms with Crippen LogP contribution in [0.15, 0.2) is 18.2 Å². The third-order valence-corrected chi connectivity index (χ3v) is 3.79. The molecule has 0 aliphatic heterocycles. The van der Waals surface area contributed by atoms with Crippen LogP contribution in [0.25, 0.3) is 0 Å². The van der Waals surface area contributed by atoms with Gasteiger partial charge in [-0.05, 0) is 26.0 Å². The van der Waals surface area contributed by atoms with E-state index in [0.29, 0.717) is 0 Å². The SMILES string of the molecule is CCCCCCCCCOc1ccc(C)cc1CNCC. The molecule has 0 saturated heterocycles. The number of hydrogen-bond acceptors (Lipinski definition) is 2. The highest BCUT2D eigenvalue weighted by atomic mass is 16.5. The third kappa shape index (κ3) is 8.11. The van der Waals surface area contributed by atoms with E-state index in [1.807, 2.05) is 0 Å². The molecule has 0 radical (unpaired) electrons. The van der Waals surface area contributed by atoms with Gasteiger partial charge < -0.3 is 10.1 Å². The van der Waals surface area contributed by atoms with Crippen molar-refractivity contribution in [3.8, 4) is 5.75 Å². The Bertz CT molecular complexity index is 376.